The number of nitrogens with one attached hydrogen (secondary N) is 1. The molecular formula is C15H16F2N2O4. The molecule has 0 amide bonds. The smallest absolute Gasteiger partial charge is 0.387 e. The number of hydrogen-bond acceptors (Lipinski definition) is 5. The van der Waals surface area contributed by atoms with Crippen LogP contribution in [0.1, 0.15) is 18.7 Å². The van der Waals surface area contributed by atoms with E-state index in [0.717, 1.165) is 19.4 Å². The third kappa shape index (κ3) is 4.02. The fourth-order valence-electron chi connectivity index (χ4n) is 2.48. The highest BCUT2D eigenvalue weighted by atomic mass is 19.3. The van der Waals surface area contributed by atoms with E-state index in [0.29, 0.717) is 17.8 Å². The molecule has 6 nitrogen and oxygen atoms in total. The first-order valence-electron chi connectivity index (χ1n) is 7.29. The standard InChI is InChI=1S/C15H16F2N2O4/c16-15(17)23-9-3-4-11-12(6-9)18-13(19-14(11)20)8-21-7-10-2-1-5-22-10/h3-4,6,10,15H,1-2,5,7-8H2,(H,18,19,20). The molecule has 1 fully saturated rings. The first-order chi connectivity index (χ1) is 11.1. The second-order valence-electron chi connectivity index (χ2n) is 5.22. The van der Waals surface area contributed by atoms with Gasteiger partial charge in [0.25, 0.3) is 5.56 Å². The molecule has 0 aliphatic carbocycles. The van der Waals surface area contributed by atoms with Crippen LogP contribution in [0.5, 0.6) is 5.75 Å². The molecular weight excluding hydrogens is 310 g/mol. The maximum Gasteiger partial charge on any atom is 0.387 e. The summed E-state index contributed by atoms with van der Waals surface area (Å²) in [6.45, 7) is -1.64. The highest BCUT2D eigenvalue weighted by Crippen LogP contribution is 2.19. The van der Waals surface area contributed by atoms with Crippen LogP contribution in [0.4, 0.5) is 8.78 Å². The van der Waals surface area contributed by atoms with E-state index in [4.69, 9.17) is 9.47 Å². The van der Waals surface area contributed by atoms with Crippen molar-refractivity contribution in [3.05, 3.63) is 34.4 Å². The normalized spacial score (nSPS) is 18.0. The molecule has 1 aromatic carbocycles. The van der Waals surface area contributed by atoms with Gasteiger partial charge in [-0.15, -0.1) is 0 Å². The first kappa shape index (κ1) is 15.8. The van der Waals surface area contributed by atoms with Gasteiger partial charge < -0.3 is 19.2 Å². The Morgan fingerprint density at radius 1 is 1.43 bits per heavy atom. The van der Waals surface area contributed by atoms with E-state index in [1.807, 2.05) is 0 Å². The highest BCUT2D eigenvalue weighted by molar-refractivity contribution is 5.78. The van der Waals surface area contributed by atoms with Gasteiger partial charge in [-0.3, -0.25) is 4.79 Å². The van der Waals surface area contributed by atoms with Gasteiger partial charge in [-0.05, 0) is 25.0 Å². The summed E-state index contributed by atoms with van der Waals surface area (Å²) < 4.78 is 39.7. The van der Waals surface area contributed by atoms with E-state index in [9.17, 15) is 13.6 Å². The number of halogens is 2. The van der Waals surface area contributed by atoms with Crippen molar-refractivity contribution in [1.29, 1.82) is 0 Å². The lowest BCUT2D eigenvalue weighted by Crippen LogP contribution is -2.17. The Kier molecular flexibility index (Phi) is 4.82. The number of aromatic amines is 1. The van der Waals surface area contributed by atoms with Gasteiger partial charge in [0.2, 0.25) is 0 Å². The van der Waals surface area contributed by atoms with Gasteiger partial charge in [-0.25, -0.2) is 4.98 Å². The van der Waals surface area contributed by atoms with Crippen molar-refractivity contribution in [3.63, 3.8) is 0 Å². The van der Waals surface area contributed by atoms with Gasteiger partial charge in [-0.2, -0.15) is 8.78 Å². The topological polar surface area (TPSA) is 73.4 Å². The minimum atomic E-state index is -2.93. The van der Waals surface area contributed by atoms with Crippen molar-refractivity contribution in [3.8, 4) is 5.75 Å². The molecule has 23 heavy (non-hydrogen) atoms. The zero-order chi connectivity index (χ0) is 16.2. The maximum atomic E-state index is 12.3. The van der Waals surface area contributed by atoms with Gasteiger partial charge in [0, 0.05) is 12.7 Å². The molecule has 2 heterocycles. The summed E-state index contributed by atoms with van der Waals surface area (Å²) in [7, 11) is 0. The summed E-state index contributed by atoms with van der Waals surface area (Å²) in [4.78, 5) is 18.8. The summed E-state index contributed by atoms with van der Waals surface area (Å²) in [6, 6.07) is 4.01. The number of aromatic nitrogens is 2. The van der Waals surface area contributed by atoms with Crippen molar-refractivity contribution in [2.75, 3.05) is 13.2 Å². The molecule has 1 N–H and O–H groups in total. The third-order valence-electron chi connectivity index (χ3n) is 3.52. The molecule has 1 atom stereocenters. The molecule has 1 aromatic heterocycles. The molecule has 2 aromatic rings. The molecule has 3 rings (SSSR count). The minimum Gasteiger partial charge on any atom is -0.435 e. The summed E-state index contributed by atoms with van der Waals surface area (Å²) in [5.74, 6) is 0.284. The van der Waals surface area contributed by atoms with Crippen LogP contribution in [0.15, 0.2) is 23.0 Å². The van der Waals surface area contributed by atoms with Crippen LogP contribution >= 0.6 is 0 Å². The van der Waals surface area contributed by atoms with Crippen molar-refractivity contribution in [2.24, 2.45) is 0 Å². The van der Waals surface area contributed by atoms with Gasteiger partial charge in [-0.1, -0.05) is 0 Å². The number of benzene rings is 1. The second kappa shape index (κ2) is 7.01. The number of ether oxygens (including phenoxy) is 3. The lowest BCUT2D eigenvalue weighted by atomic mass is 10.2. The highest BCUT2D eigenvalue weighted by Gasteiger charge is 2.15. The third-order valence-corrected chi connectivity index (χ3v) is 3.52. The zero-order valence-corrected chi connectivity index (χ0v) is 12.3. The number of hydrogen-bond donors (Lipinski definition) is 1. The lowest BCUT2D eigenvalue weighted by Gasteiger charge is -2.10. The van der Waals surface area contributed by atoms with Gasteiger partial charge >= 0.3 is 6.61 Å². The predicted molar refractivity (Wildman–Crippen MR) is 77.6 cm³/mol. The molecule has 0 radical (unpaired) electrons. The van der Waals surface area contributed by atoms with Crippen LogP contribution in [0, 0.1) is 0 Å². The maximum absolute atomic E-state index is 12.3. The van der Waals surface area contributed by atoms with E-state index in [2.05, 4.69) is 14.7 Å². The van der Waals surface area contributed by atoms with E-state index in [1.54, 1.807) is 0 Å². The van der Waals surface area contributed by atoms with Crippen LogP contribution < -0.4 is 10.3 Å². The van der Waals surface area contributed by atoms with Crippen molar-refractivity contribution >= 4 is 10.9 Å². The van der Waals surface area contributed by atoms with Crippen LogP contribution in [0.25, 0.3) is 10.9 Å². The van der Waals surface area contributed by atoms with Crippen LogP contribution in [0.3, 0.4) is 0 Å². The summed E-state index contributed by atoms with van der Waals surface area (Å²) in [5.41, 5.74) is -0.0723. The minimum absolute atomic E-state index is 0.0446. The Labute approximate surface area is 130 Å². The molecule has 0 saturated carbocycles. The van der Waals surface area contributed by atoms with Crippen LogP contribution in [-0.2, 0) is 16.1 Å². The van der Waals surface area contributed by atoms with Crippen molar-refractivity contribution in [1.82, 2.24) is 9.97 Å². The molecule has 124 valence electrons. The Morgan fingerprint density at radius 3 is 3.04 bits per heavy atom. The van der Waals surface area contributed by atoms with E-state index >= 15 is 0 Å². The zero-order valence-electron chi connectivity index (χ0n) is 12.3. The van der Waals surface area contributed by atoms with Gasteiger partial charge in [0.05, 0.1) is 23.6 Å². The number of H-pyrrole nitrogens is 1. The quantitative estimate of drug-likeness (QED) is 0.881. The van der Waals surface area contributed by atoms with E-state index < -0.39 is 6.61 Å². The molecule has 8 heteroatoms. The van der Waals surface area contributed by atoms with E-state index in [-0.39, 0.29) is 29.5 Å². The lowest BCUT2D eigenvalue weighted by molar-refractivity contribution is -0.0497. The Morgan fingerprint density at radius 2 is 2.30 bits per heavy atom. The number of fused-ring (bicyclic) bond motifs is 1. The summed E-state index contributed by atoms with van der Waals surface area (Å²) in [5, 5.41) is 0.300. The first-order valence-corrected chi connectivity index (χ1v) is 7.29. The van der Waals surface area contributed by atoms with Crippen molar-refractivity contribution < 1.29 is 23.0 Å². The molecule has 1 unspecified atom stereocenters. The summed E-state index contributed by atoms with van der Waals surface area (Å²) in [6.07, 6.45) is 2.05. The molecule has 1 aliphatic heterocycles. The fraction of sp³-hybridized carbons (Fsp3) is 0.467. The van der Waals surface area contributed by atoms with Gasteiger partial charge in [0.15, 0.2) is 0 Å². The number of nitrogens with zero attached hydrogens (tertiary/aromatic N) is 1. The monoisotopic (exact) mass is 326 g/mol. The Hall–Kier alpha value is -2.06. The molecule has 1 saturated heterocycles. The van der Waals surface area contributed by atoms with Crippen LogP contribution in [-0.4, -0.2) is 35.9 Å². The fourth-order valence-corrected chi connectivity index (χ4v) is 2.48. The molecule has 0 bridgehead atoms. The van der Waals surface area contributed by atoms with Crippen LogP contribution in [0.2, 0.25) is 0 Å². The molecule has 1 aliphatic rings. The van der Waals surface area contributed by atoms with E-state index in [1.165, 1.54) is 18.2 Å². The second-order valence-corrected chi connectivity index (χ2v) is 5.22. The average Bonchev–Trinajstić information content (AvgIpc) is 2.99. The largest absolute Gasteiger partial charge is 0.435 e. The Bertz CT molecular complexity index is 729. The molecule has 0 spiro atoms. The average molecular weight is 326 g/mol. The number of alkyl halides is 2. The predicted octanol–water partition coefficient (Wildman–Crippen LogP) is 2.22. The summed E-state index contributed by atoms with van der Waals surface area (Å²) >= 11 is 0. The van der Waals surface area contributed by atoms with Gasteiger partial charge in [0.1, 0.15) is 18.2 Å². The number of rotatable bonds is 6. The van der Waals surface area contributed by atoms with Crippen molar-refractivity contribution in [2.45, 2.75) is 32.2 Å². The SMILES string of the molecule is O=c1[nH]c(COCC2CCCO2)nc2cc(OC(F)F)ccc12. The Balaban J connectivity index is 1.73.